The molecule has 0 aliphatic carbocycles. The van der Waals surface area contributed by atoms with Gasteiger partial charge in [-0.15, -0.1) is 0 Å². The molecular weight excluding hydrogens is 308 g/mol. The van der Waals surface area contributed by atoms with Gasteiger partial charge in [-0.1, -0.05) is 38.5 Å². The van der Waals surface area contributed by atoms with Crippen molar-refractivity contribution in [2.24, 2.45) is 0 Å². The van der Waals surface area contributed by atoms with Crippen LogP contribution in [0.4, 0.5) is 0 Å². The fourth-order valence-corrected chi connectivity index (χ4v) is 2.43. The molecule has 0 atom stereocenters. The van der Waals surface area contributed by atoms with Gasteiger partial charge in [0.1, 0.15) is 5.75 Å². The number of carboxylic acids is 1. The molecule has 1 rings (SSSR count). The van der Waals surface area contributed by atoms with E-state index in [0.29, 0.717) is 12.2 Å². The molecule has 1 N–H and O–H groups in total. The summed E-state index contributed by atoms with van der Waals surface area (Å²) in [4.78, 5) is 21.7. The highest BCUT2D eigenvalue weighted by atomic mass is 16.5. The molecule has 0 fully saturated rings. The minimum Gasteiger partial charge on any atom is -0.494 e. The van der Waals surface area contributed by atoms with Crippen LogP contribution in [0.3, 0.4) is 0 Å². The number of hydrogen-bond acceptors (Lipinski definition) is 4. The number of unbranched alkanes of at least 4 members (excludes halogenated alkanes) is 7. The van der Waals surface area contributed by atoms with Crippen LogP contribution >= 0.6 is 0 Å². The van der Waals surface area contributed by atoms with Gasteiger partial charge in [-0.25, -0.2) is 4.79 Å². The number of carbonyl (C=O) groups is 2. The molecule has 0 unspecified atom stereocenters. The van der Waals surface area contributed by atoms with Crippen molar-refractivity contribution in [2.75, 3.05) is 13.7 Å². The molecule has 0 heterocycles. The van der Waals surface area contributed by atoms with Crippen molar-refractivity contribution in [2.45, 2.75) is 57.8 Å². The van der Waals surface area contributed by atoms with Crippen molar-refractivity contribution in [3.05, 3.63) is 29.8 Å². The quantitative estimate of drug-likeness (QED) is 0.425. The summed E-state index contributed by atoms with van der Waals surface area (Å²) in [6.07, 6.45) is 8.91. The summed E-state index contributed by atoms with van der Waals surface area (Å²) in [5.41, 5.74) is 0.521. The summed E-state index contributed by atoms with van der Waals surface area (Å²) < 4.78 is 10.3. The van der Waals surface area contributed by atoms with E-state index in [1.54, 1.807) is 24.3 Å². The highest BCUT2D eigenvalue weighted by Crippen LogP contribution is 2.14. The van der Waals surface area contributed by atoms with Crippen molar-refractivity contribution >= 4 is 11.9 Å². The second kappa shape index (κ2) is 12.4. The van der Waals surface area contributed by atoms with Gasteiger partial charge in [0.15, 0.2) is 0 Å². The minimum atomic E-state index is -0.699. The predicted molar refractivity (Wildman–Crippen MR) is 92.5 cm³/mol. The third kappa shape index (κ3) is 9.18. The molecular formula is C19H28O5. The van der Waals surface area contributed by atoms with Crippen molar-refractivity contribution in [3.63, 3.8) is 0 Å². The van der Waals surface area contributed by atoms with E-state index in [1.165, 1.54) is 26.4 Å². The third-order valence-electron chi connectivity index (χ3n) is 3.83. The first kappa shape index (κ1) is 20.0. The molecule has 0 aromatic heterocycles. The maximum atomic E-state index is 11.3. The Morgan fingerprint density at radius 3 is 1.96 bits per heavy atom. The lowest BCUT2D eigenvalue weighted by atomic mass is 10.1. The van der Waals surface area contributed by atoms with Gasteiger partial charge in [-0.05, 0) is 37.1 Å². The molecule has 134 valence electrons. The average Bonchev–Trinajstić information content (AvgIpc) is 2.59. The molecule has 24 heavy (non-hydrogen) atoms. The van der Waals surface area contributed by atoms with Crippen LogP contribution in [-0.4, -0.2) is 30.8 Å². The Bertz CT molecular complexity index is 481. The predicted octanol–water partition coefficient (Wildman–Crippen LogP) is 4.45. The summed E-state index contributed by atoms with van der Waals surface area (Å²) in [5.74, 6) is -0.277. The van der Waals surface area contributed by atoms with Gasteiger partial charge >= 0.3 is 11.9 Å². The van der Waals surface area contributed by atoms with Crippen molar-refractivity contribution in [3.8, 4) is 5.75 Å². The minimum absolute atomic E-state index is 0.290. The van der Waals surface area contributed by atoms with E-state index in [9.17, 15) is 9.59 Å². The first-order valence-corrected chi connectivity index (χ1v) is 8.66. The fraction of sp³-hybridized carbons (Fsp3) is 0.579. The van der Waals surface area contributed by atoms with Gasteiger partial charge in [-0.2, -0.15) is 0 Å². The van der Waals surface area contributed by atoms with E-state index in [1.807, 2.05) is 0 Å². The number of benzene rings is 1. The maximum Gasteiger partial charge on any atom is 0.337 e. The molecule has 0 saturated carbocycles. The molecule has 0 spiro atoms. The zero-order chi connectivity index (χ0) is 17.6. The van der Waals surface area contributed by atoms with Crippen LogP contribution in [0.5, 0.6) is 5.75 Å². The summed E-state index contributed by atoms with van der Waals surface area (Å²) in [7, 11) is 1.36. The van der Waals surface area contributed by atoms with E-state index < -0.39 is 5.97 Å². The molecule has 0 aliphatic heterocycles. The lowest BCUT2D eigenvalue weighted by molar-refractivity contribution is -0.137. The number of carboxylic acid groups (broad SMARTS) is 1. The summed E-state index contributed by atoms with van der Waals surface area (Å²) >= 11 is 0. The molecule has 5 heteroatoms. The van der Waals surface area contributed by atoms with Crippen LogP contribution in [0, 0.1) is 0 Å². The van der Waals surface area contributed by atoms with E-state index in [2.05, 4.69) is 4.74 Å². The summed E-state index contributed by atoms with van der Waals surface area (Å²) in [6.45, 7) is 0.677. The van der Waals surface area contributed by atoms with Gasteiger partial charge < -0.3 is 14.6 Å². The molecule has 0 aliphatic rings. The fourth-order valence-electron chi connectivity index (χ4n) is 2.43. The van der Waals surface area contributed by atoms with Gasteiger partial charge in [0.25, 0.3) is 0 Å². The molecule has 1 aromatic carbocycles. The molecule has 0 saturated heterocycles. The normalized spacial score (nSPS) is 10.4. The number of aliphatic carboxylic acids is 1. The Balaban J connectivity index is 1.97. The Morgan fingerprint density at radius 2 is 1.42 bits per heavy atom. The number of methoxy groups -OCH3 is 1. The molecule has 5 nitrogen and oxygen atoms in total. The monoisotopic (exact) mass is 336 g/mol. The second-order valence-electron chi connectivity index (χ2n) is 5.84. The first-order chi connectivity index (χ1) is 11.6. The van der Waals surface area contributed by atoms with Crippen molar-refractivity contribution in [1.82, 2.24) is 0 Å². The lowest BCUT2D eigenvalue weighted by Gasteiger charge is -2.07. The number of ether oxygens (including phenoxy) is 2. The molecule has 1 aromatic rings. The van der Waals surface area contributed by atoms with Crippen LogP contribution in [-0.2, 0) is 9.53 Å². The third-order valence-corrected chi connectivity index (χ3v) is 3.83. The maximum absolute atomic E-state index is 11.3. The first-order valence-electron chi connectivity index (χ1n) is 8.66. The zero-order valence-electron chi connectivity index (χ0n) is 14.5. The van der Waals surface area contributed by atoms with Crippen LogP contribution in [0.1, 0.15) is 68.1 Å². The van der Waals surface area contributed by atoms with E-state index in [0.717, 1.165) is 37.9 Å². The van der Waals surface area contributed by atoms with E-state index >= 15 is 0 Å². The number of carbonyl (C=O) groups excluding carboxylic acids is 1. The summed E-state index contributed by atoms with van der Waals surface area (Å²) in [5, 5.41) is 8.54. The lowest BCUT2D eigenvalue weighted by Crippen LogP contribution is -2.01. The standard InChI is InChI=1S/C19H28O5/c1-23-19(22)16-11-13-17(14-12-16)24-15-9-7-5-3-2-4-6-8-10-18(20)21/h11-14H,2-10,15H2,1H3,(H,20,21). The number of hydrogen-bond donors (Lipinski definition) is 1. The topological polar surface area (TPSA) is 72.8 Å². The molecule has 0 amide bonds. The molecule has 0 radical (unpaired) electrons. The van der Waals surface area contributed by atoms with Gasteiger partial charge in [0, 0.05) is 6.42 Å². The molecule has 0 bridgehead atoms. The zero-order valence-corrected chi connectivity index (χ0v) is 14.5. The van der Waals surface area contributed by atoms with E-state index in [4.69, 9.17) is 9.84 Å². The Kier molecular flexibility index (Phi) is 10.3. The highest BCUT2D eigenvalue weighted by Gasteiger charge is 2.04. The largest absolute Gasteiger partial charge is 0.494 e. The number of esters is 1. The van der Waals surface area contributed by atoms with Gasteiger partial charge in [0.05, 0.1) is 19.3 Å². The Labute approximate surface area is 144 Å². The smallest absolute Gasteiger partial charge is 0.337 e. The van der Waals surface area contributed by atoms with Crippen LogP contribution in [0.15, 0.2) is 24.3 Å². The SMILES string of the molecule is COC(=O)c1ccc(OCCCCCCCCCCC(=O)O)cc1. The highest BCUT2D eigenvalue weighted by molar-refractivity contribution is 5.89. The number of rotatable bonds is 13. The second-order valence-corrected chi connectivity index (χ2v) is 5.84. The van der Waals surface area contributed by atoms with Gasteiger partial charge in [-0.3, -0.25) is 4.79 Å². The van der Waals surface area contributed by atoms with Crippen molar-refractivity contribution in [1.29, 1.82) is 0 Å². The van der Waals surface area contributed by atoms with Crippen LogP contribution in [0.25, 0.3) is 0 Å². The van der Waals surface area contributed by atoms with Crippen LogP contribution in [0.2, 0.25) is 0 Å². The van der Waals surface area contributed by atoms with Gasteiger partial charge in [0.2, 0.25) is 0 Å². The van der Waals surface area contributed by atoms with Crippen molar-refractivity contribution < 1.29 is 24.2 Å². The van der Waals surface area contributed by atoms with Crippen LogP contribution < -0.4 is 4.74 Å². The Morgan fingerprint density at radius 1 is 0.875 bits per heavy atom. The van der Waals surface area contributed by atoms with E-state index in [-0.39, 0.29) is 12.4 Å². The Hall–Kier alpha value is -2.04. The summed E-state index contributed by atoms with van der Waals surface area (Å²) in [6, 6.07) is 6.96. The average molecular weight is 336 g/mol.